The Kier molecular flexibility index (Phi) is 3.34. The van der Waals surface area contributed by atoms with Crippen LogP contribution in [-0.2, 0) is 0 Å². The van der Waals surface area contributed by atoms with E-state index in [9.17, 15) is 0 Å². The monoisotopic (exact) mass is 232 g/mol. The molecule has 2 heterocycles. The maximum absolute atomic E-state index is 2.73. The molecule has 0 spiro atoms. The van der Waals surface area contributed by atoms with Crippen LogP contribution in [0.2, 0.25) is 0 Å². The molecule has 17 heavy (non-hydrogen) atoms. The Hall–Kier alpha value is -0.600. The van der Waals surface area contributed by atoms with Crippen LogP contribution >= 0.6 is 0 Å². The molecule has 94 valence electrons. The SMILES string of the molecule is CCN1CCCCC1N1CC2=CC=CCC2C1. The number of hydrogen-bond donors (Lipinski definition) is 0. The van der Waals surface area contributed by atoms with Gasteiger partial charge in [0.2, 0.25) is 0 Å². The molecule has 3 aliphatic rings. The first-order chi connectivity index (χ1) is 8.38. The van der Waals surface area contributed by atoms with Gasteiger partial charge in [0.25, 0.3) is 0 Å². The Morgan fingerprint density at radius 1 is 1.35 bits per heavy atom. The second kappa shape index (κ2) is 4.95. The number of allylic oxidation sites excluding steroid dienone is 3. The summed E-state index contributed by atoms with van der Waals surface area (Å²) in [6.07, 6.45) is 13.1. The number of fused-ring (bicyclic) bond motifs is 1. The van der Waals surface area contributed by atoms with Crippen molar-refractivity contribution in [3.8, 4) is 0 Å². The lowest BCUT2D eigenvalue weighted by atomic mass is 9.95. The number of rotatable bonds is 2. The fraction of sp³-hybridized carbons (Fsp3) is 0.733. The Labute approximate surface area is 105 Å². The van der Waals surface area contributed by atoms with E-state index in [0.29, 0.717) is 0 Å². The fourth-order valence-corrected chi connectivity index (χ4v) is 3.66. The third kappa shape index (κ3) is 2.21. The van der Waals surface area contributed by atoms with Gasteiger partial charge in [-0.1, -0.05) is 30.7 Å². The van der Waals surface area contributed by atoms with Crippen LogP contribution in [0.4, 0.5) is 0 Å². The van der Waals surface area contributed by atoms with Crippen LogP contribution in [0.15, 0.2) is 23.8 Å². The van der Waals surface area contributed by atoms with E-state index in [1.807, 2.05) is 0 Å². The summed E-state index contributed by atoms with van der Waals surface area (Å²) in [5.41, 5.74) is 1.68. The second-order valence-electron chi connectivity index (χ2n) is 5.64. The first-order valence-electron chi connectivity index (χ1n) is 7.22. The predicted molar refractivity (Wildman–Crippen MR) is 71.8 cm³/mol. The molecule has 2 atom stereocenters. The molecule has 0 saturated carbocycles. The highest BCUT2D eigenvalue weighted by Crippen LogP contribution is 2.32. The van der Waals surface area contributed by atoms with Crippen LogP contribution in [-0.4, -0.2) is 42.1 Å². The molecule has 2 fully saturated rings. The Morgan fingerprint density at radius 3 is 3.12 bits per heavy atom. The van der Waals surface area contributed by atoms with Crippen molar-refractivity contribution in [2.45, 2.75) is 38.8 Å². The molecule has 0 amide bonds. The van der Waals surface area contributed by atoms with Crippen molar-refractivity contribution in [2.75, 3.05) is 26.2 Å². The average Bonchev–Trinajstić information content (AvgIpc) is 2.82. The molecule has 0 bridgehead atoms. The molecular formula is C15H24N2. The van der Waals surface area contributed by atoms with Gasteiger partial charge in [-0.2, -0.15) is 0 Å². The summed E-state index contributed by atoms with van der Waals surface area (Å²) in [7, 11) is 0. The van der Waals surface area contributed by atoms with E-state index in [0.717, 1.165) is 12.1 Å². The van der Waals surface area contributed by atoms with Crippen molar-refractivity contribution in [2.24, 2.45) is 5.92 Å². The Morgan fingerprint density at radius 2 is 2.29 bits per heavy atom. The first kappa shape index (κ1) is 11.5. The minimum atomic E-state index is 0.722. The summed E-state index contributed by atoms with van der Waals surface area (Å²) in [5.74, 6) is 0.820. The largest absolute Gasteiger partial charge is 0.288 e. The minimum Gasteiger partial charge on any atom is -0.288 e. The molecule has 0 radical (unpaired) electrons. The quantitative estimate of drug-likeness (QED) is 0.722. The molecule has 3 rings (SSSR count). The Bertz CT molecular complexity index is 332. The molecule has 2 nitrogen and oxygen atoms in total. The molecule has 2 unspecified atom stereocenters. The maximum Gasteiger partial charge on any atom is 0.0625 e. The summed E-state index contributed by atoms with van der Waals surface area (Å²) in [4.78, 5) is 5.40. The zero-order chi connectivity index (χ0) is 11.7. The van der Waals surface area contributed by atoms with Gasteiger partial charge in [0.05, 0.1) is 6.17 Å². The first-order valence-corrected chi connectivity index (χ1v) is 7.22. The Balaban J connectivity index is 1.69. The smallest absolute Gasteiger partial charge is 0.0625 e. The van der Waals surface area contributed by atoms with Gasteiger partial charge >= 0.3 is 0 Å². The third-order valence-corrected chi connectivity index (χ3v) is 4.64. The van der Waals surface area contributed by atoms with Gasteiger partial charge < -0.3 is 0 Å². The minimum absolute atomic E-state index is 0.722. The lowest BCUT2D eigenvalue weighted by Crippen LogP contribution is -2.49. The summed E-state index contributed by atoms with van der Waals surface area (Å²) in [6.45, 7) is 7.33. The van der Waals surface area contributed by atoms with Gasteiger partial charge in [0.15, 0.2) is 0 Å². The van der Waals surface area contributed by atoms with Crippen LogP contribution in [0, 0.1) is 5.92 Å². The number of likely N-dealkylation sites (tertiary alicyclic amines) is 2. The van der Waals surface area contributed by atoms with E-state index in [4.69, 9.17) is 0 Å². The fourth-order valence-electron chi connectivity index (χ4n) is 3.66. The van der Waals surface area contributed by atoms with Crippen molar-refractivity contribution in [1.82, 2.24) is 9.80 Å². The van der Waals surface area contributed by atoms with Crippen LogP contribution in [0.5, 0.6) is 0 Å². The topological polar surface area (TPSA) is 6.48 Å². The number of hydrogen-bond acceptors (Lipinski definition) is 2. The van der Waals surface area contributed by atoms with Gasteiger partial charge in [-0.3, -0.25) is 9.80 Å². The van der Waals surface area contributed by atoms with Crippen LogP contribution in [0.3, 0.4) is 0 Å². The summed E-state index contributed by atoms with van der Waals surface area (Å²) in [6, 6.07) is 0. The third-order valence-electron chi connectivity index (χ3n) is 4.64. The van der Waals surface area contributed by atoms with Crippen LogP contribution in [0.1, 0.15) is 32.6 Å². The van der Waals surface area contributed by atoms with Crippen LogP contribution in [0.25, 0.3) is 0 Å². The normalized spacial score (nSPS) is 34.8. The highest BCUT2D eigenvalue weighted by atomic mass is 15.4. The van der Waals surface area contributed by atoms with E-state index in [-0.39, 0.29) is 0 Å². The standard InChI is InChI=1S/C15H24N2/c1-2-16-10-6-5-9-15(16)17-11-13-7-3-4-8-14(13)12-17/h3-4,7,14-15H,2,5-6,8-12H2,1H3. The van der Waals surface area contributed by atoms with Crippen molar-refractivity contribution in [1.29, 1.82) is 0 Å². The predicted octanol–water partition coefficient (Wildman–Crippen LogP) is 2.64. The number of piperidine rings is 1. The maximum atomic E-state index is 2.73. The molecule has 0 aromatic heterocycles. The van der Waals surface area contributed by atoms with Gasteiger partial charge in [0.1, 0.15) is 0 Å². The summed E-state index contributed by atoms with van der Waals surface area (Å²) in [5, 5.41) is 0. The van der Waals surface area contributed by atoms with E-state index in [2.05, 4.69) is 35.0 Å². The molecule has 2 heteroatoms. The molecule has 2 aliphatic heterocycles. The van der Waals surface area contributed by atoms with Crippen molar-refractivity contribution < 1.29 is 0 Å². The lowest BCUT2D eigenvalue weighted by Gasteiger charge is -2.40. The average molecular weight is 232 g/mol. The summed E-state index contributed by atoms with van der Waals surface area (Å²) >= 11 is 0. The molecule has 2 saturated heterocycles. The van der Waals surface area contributed by atoms with E-state index >= 15 is 0 Å². The summed E-state index contributed by atoms with van der Waals surface area (Å²) < 4.78 is 0. The van der Waals surface area contributed by atoms with E-state index < -0.39 is 0 Å². The van der Waals surface area contributed by atoms with Gasteiger partial charge in [-0.25, -0.2) is 0 Å². The second-order valence-corrected chi connectivity index (χ2v) is 5.64. The van der Waals surface area contributed by atoms with Gasteiger partial charge in [-0.05, 0) is 44.7 Å². The molecule has 0 aromatic carbocycles. The highest BCUT2D eigenvalue weighted by molar-refractivity contribution is 5.25. The zero-order valence-corrected chi connectivity index (χ0v) is 10.9. The van der Waals surface area contributed by atoms with Gasteiger partial charge in [0, 0.05) is 13.1 Å². The van der Waals surface area contributed by atoms with E-state index in [1.54, 1.807) is 5.57 Å². The lowest BCUT2D eigenvalue weighted by molar-refractivity contribution is 0.0311. The number of nitrogens with zero attached hydrogens (tertiary/aromatic N) is 2. The highest BCUT2D eigenvalue weighted by Gasteiger charge is 2.34. The van der Waals surface area contributed by atoms with Crippen molar-refractivity contribution in [3.63, 3.8) is 0 Å². The van der Waals surface area contributed by atoms with E-state index in [1.165, 1.54) is 51.9 Å². The van der Waals surface area contributed by atoms with Crippen molar-refractivity contribution >= 4 is 0 Å². The molecule has 1 aliphatic carbocycles. The van der Waals surface area contributed by atoms with Gasteiger partial charge in [-0.15, -0.1) is 0 Å². The van der Waals surface area contributed by atoms with Crippen LogP contribution < -0.4 is 0 Å². The van der Waals surface area contributed by atoms with Crippen molar-refractivity contribution in [3.05, 3.63) is 23.8 Å². The molecule has 0 aromatic rings. The molecule has 0 N–H and O–H groups in total. The zero-order valence-electron chi connectivity index (χ0n) is 10.9. The molecular weight excluding hydrogens is 208 g/mol.